The molecular weight excluding hydrogens is 267 g/mol. The molecule has 18 heavy (non-hydrogen) atoms. The normalized spacial score (nSPS) is 11.8. The lowest BCUT2D eigenvalue weighted by atomic mass is 10.2. The molecule has 0 unspecified atom stereocenters. The van der Waals surface area contributed by atoms with E-state index in [1.807, 2.05) is 0 Å². The number of alkyl halides is 3. The van der Waals surface area contributed by atoms with Crippen LogP contribution in [0, 0.1) is 0 Å². The van der Waals surface area contributed by atoms with Crippen molar-refractivity contribution in [2.45, 2.75) is 10.4 Å². The molecular formula is C11H8F3NO2S. The Balaban J connectivity index is 2.37. The Morgan fingerprint density at radius 2 is 2.06 bits per heavy atom. The second kappa shape index (κ2) is 4.56. The number of ether oxygens (including phenoxy) is 1. The van der Waals surface area contributed by atoms with Crippen LogP contribution in [0.1, 0.15) is 10.5 Å². The number of thioether (sulfide) groups is 1. The Kier molecular flexibility index (Phi) is 3.25. The third-order valence-corrected chi connectivity index (χ3v) is 2.95. The number of aromatic amines is 1. The largest absolute Gasteiger partial charge is 0.464 e. The summed E-state index contributed by atoms with van der Waals surface area (Å²) in [5.41, 5.74) is -3.66. The molecule has 1 aromatic heterocycles. The second-order valence-electron chi connectivity index (χ2n) is 3.47. The van der Waals surface area contributed by atoms with Crippen molar-refractivity contribution in [3.8, 4) is 0 Å². The number of H-pyrrole nitrogens is 1. The van der Waals surface area contributed by atoms with Gasteiger partial charge in [0.15, 0.2) is 0 Å². The Labute approximate surface area is 104 Å². The van der Waals surface area contributed by atoms with Crippen LogP contribution in [0.15, 0.2) is 29.2 Å². The van der Waals surface area contributed by atoms with Crippen LogP contribution in [0.5, 0.6) is 0 Å². The second-order valence-corrected chi connectivity index (χ2v) is 4.61. The van der Waals surface area contributed by atoms with Crippen molar-refractivity contribution in [2.75, 3.05) is 7.11 Å². The molecule has 7 heteroatoms. The van der Waals surface area contributed by atoms with Crippen molar-refractivity contribution in [2.24, 2.45) is 0 Å². The molecule has 0 aliphatic heterocycles. The average molecular weight is 275 g/mol. The first-order valence-corrected chi connectivity index (χ1v) is 5.67. The fourth-order valence-corrected chi connectivity index (χ4v) is 2.10. The minimum Gasteiger partial charge on any atom is -0.464 e. The van der Waals surface area contributed by atoms with E-state index in [-0.39, 0.29) is 22.4 Å². The van der Waals surface area contributed by atoms with Crippen molar-refractivity contribution in [1.29, 1.82) is 0 Å². The third kappa shape index (κ3) is 2.79. The summed E-state index contributed by atoms with van der Waals surface area (Å²) in [7, 11) is 1.23. The first-order valence-electron chi connectivity index (χ1n) is 4.86. The molecule has 1 N–H and O–H groups in total. The van der Waals surface area contributed by atoms with E-state index >= 15 is 0 Å². The van der Waals surface area contributed by atoms with Gasteiger partial charge in [0.2, 0.25) is 0 Å². The van der Waals surface area contributed by atoms with Crippen LogP contribution in [-0.2, 0) is 4.74 Å². The SMILES string of the molecule is COC(=O)c1cc2ccc(SC(F)(F)F)cc2[nH]1. The van der Waals surface area contributed by atoms with Gasteiger partial charge in [-0.2, -0.15) is 13.2 Å². The maximum absolute atomic E-state index is 12.2. The zero-order valence-corrected chi connectivity index (χ0v) is 9.98. The molecule has 0 radical (unpaired) electrons. The molecule has 2 aromatic rings. The smallest absolute Gasteiger partial charge is 0.446 e. The molecule has 0 spiro atoms. The van der Waals surface area contributed by atoms with Gasteiger partial charge < -0.3 is 9.72 Å². The summed E-state index contributed by atoms with van der Waals surface area (Å²) in [5, 5.41) is 0.655. The molecule has 0 aliphatic rings. The number of hydrogen-bond donors (Lipinski definition) is 1. The van der Waals surface area contributed by atoms with Crippen LogP contribution in [0.4, 0.5) is 13.2 Å². The quantitative estimate of drug-likeness (QED) is 0.673. The van der Waals surface area contributed by atoms with Gasteiger partial charge in [0.25, 0.3) is 0 Å². The summed E-state index contributed by atoms with van der Waals surface area (Å²) in [6.45, 7) is 0. The number of halogens is 3. The predicted octanol–water partition coefficient (Wildman–Crippen LogP) is 3.57. The predicted molar refractivity (Wildman–Crippen MR) is 61.6 cm³/mol. The van der Waals surface area contributed by atoms with E-state index in [0.717, 1.165) is 0 Å². The van der Waals surface area contributed by atoms with Gasteiger partial charge in [-0.05, 0) is 30.0 Å². The van der Waals surface area contributed by atoms with Gasteiger partial charge >= 0.3 is 11.5 Å². The molecule has 2 rings (SSSR count). The fraction of sp³-hybridized carbons (Fsp3) is 0.182. The van der Waals surface area contributed by atoms with E-state index in [9.17, 15) is 18.0 Å². The van der Waals surface area contributed by atoms with Gasteiger partial charge in [-0.3, -0.25) is 0 Å². The first-order chi connectivity index (χ1) is 8.39. The van der Waals surface area contributed by atoms with Gasteiger partial charge in [0.05, 0.1) is 7.11 Å². The molecule has 3 nitrogen and oxygen atoms in total. The highest BCUT2D eigenvalue weighted by Crippen LogP contribution is 2.37. The number of carbonyl (C=O) groups is 1. The lowest BCUT2D eigenvalue weighted by Crippen LogP contribution is -2.00. The minimum atomic E-state index is -4.33. The molecule has 0 saturated carbocycles. The zero-order chi connectivity index (χ0) is 13.3. The van der Waals surface area contributed by atoms with Crippen LogP contribution >= 0.6 is 11.8 Å². The van der Waals surface area contributed by atoms with Gasteiger partial charge in [-0.25, -0.2) is 4.79 Å². The molecule has 0 saturated heterocycles. The molecule has 0 fully saturated rings. The maximum atomic E-state index is 12.2. The molecule has 0 atom stereocenters. The molecule has 0 bridgehead atoms. The van der Waals surface area contributed by atoms with Crippen LogP contribution in [-0.4, -0.2) is 23.6 Å². The number of methoxy groups -OCH3 is 1. The number of hydrogen-bond acceptors (Lipinski definition) is 3. The Hall–Kier alpha value is -1.63. The molecule has 0 aliphatic carbocycles. The van der Waals surface area contributed by atoms with E-state index in [1.54, 1.807) is 0 Å². The highest BCUT2D eigenvalue weighted by molar-refractivity contribution is 8.00. The summed E-state index contributed by atoms with van der Waals surface area (Å²) in [5.74, 6) is -0.559. The summed E-state index contributed by atoms with van der Waals surface area (Å²) in [6.07, 6.45) is 0. The number of fused-ring (bicyclic) bond motifs is 1. The number of benzene rings is 1. The fourth-order valence-electron chi connectivity index (χ4n) is 1.52. The van der Waals surface area contributed by atoms with Crippen LogP contribution in [0.3, 0.4) is 0 Å². The number of carbonyl (C=O) groups excluding carboxylic acids is 1. The van der Waals surface area contributed by atoms with E-state index in [4.69, 9.17) is 0 Å². The molecule has 1 aromatic carbocycles. The Morgan fingerprint density at radius 1 is 1.33 bits per heavy atom. The van der Waals surface area contributed by atoms with Crippen molar-refractivity contribution in [1.82, 2.24) is 4.98 Å². The van der Waals surface area contributed by atoms with E-state index in [2.05, 4.69) is 9.72 Å². The van der Waals surface area contributed by atoms with Gasteiger partial charge in [0, 0.05) is 15.8 Å². The zero-order valence-electron chi connectivity index (χ0n) is 9.17. The molecule has 0 amide bonds. The van der Waals surface area contributed by atoms with Crippen molar-refractivity contribution >= 4 is 28.6 Å². The van der Waals surface area contributed by atoms with Crippen molar-refractivity contribution < 1.29 is 22.7 Å². The molecule has 96 valence electrons. The summed E-state index contributed by atoms with van der Waals surface area (Å²) in [4.78, 5) is 14.0. The van der Waals surface area contributed by atoms with E-state index < -0.39 is 11.5 Å². The van der Waals surface area contributed by atoms with Crippen molar-refractivity contribution in [3.05, 3.63) is 30.0 Å². The highest BCUT2D eigenvalue weighted by Gasteiger charge is 2.29. The van der Waals surface area contributed by atoms with E-state index in [0.29, 0.717) is 10.9 Å². The molecule has 1 heterocycles. The number of aromatic nitrogens is 1. The number of esters is 1. The Morgan fingerprint density at radius 3 is 2.67 bits per heavy atom. The van der Waals surface area contributed by atoms with Gasteiger partial charge in [-0.15, -0.1) is 0 Å². The third-order valence-electron chi connectivity index (χ3n) is 2.23. The van der Waals surface area contributed by atoms with Crippen LogP contribution in [0.25, 0.3) is 10.9 Å². The average Bonchev–Trinajstić information content (AvgIpc) is 2.68. The van der Waals surface area contributed by atoms with E-state index in [1.165, 1.54) is 31.4 Å². The van der Waals surface area contributed by atoms with Crippen molar-refractivity contribution in [3.63, 3.8) is 0 Å². The lowest BCUT2D eigenvalue weighted by Gasteiger charge is -2.04. The first kappa shape index (κ1) is 12.8. The Bertz CT molecular complexity index is 591. The summed E-state index contributed by atoms with van der Waals surface area (Å²) in [6, 6.07) is 5.75. The number of nitrogens with one attached hydrogen (secondary N) is 1. The summed E-state index contributed by atoms with van der Waals surface area (Å²) < 4.78 is 41.1. The maximum Gasteiger partial charge on any atom is 0.446 e. The van der Waals surface area contributed by atoms with Crippen LogP contribution in [0.2, 0.25) is 0 Å². The summed E-state index contributed by atoms with van der Waals surface area (Å²) >= 11 is -0.197. The van der Waals surface area contributed by atoms with Gasteiger partial charge in [0.1, 0.15) is 5.69 Å². The topological polar surface area (TPSA) is 42.1 Å². The minimum absolute atomic E-state index is 0.0632. The highest BCUT2D eigenvalue weighted by atomic mass is 32.2. The lowest BCUT2D eigenvalue weighted by molar-refractivity contribution is -0.0328. The standard InChI is InChI=1S/C11H8F3NO2S/c1-17-10(16)9-4-6-2-3-7(5-8(6)15-9)18-11(12,13)14/h2-5,15H,1H3. The number of rotatable bonds is 2. The monoisotopic (exact) mass is 275 g/mol. The van der Waals surface area contributed by atoms with Crippen LogP contribution < -0.4 is 0 Å². The van der Waals surface area contributed by atoms with Gasteiger partial charge in [-0.1, -0.05) is 6.07 Å².